The molecule has 5 heteroatoms. The van der Waals surface area contributed by atoms with Crippen LogP contribution in [0, 0.1) is 5.41 Å². The number of fused-ring (bicyclic) bond motifs is 1. The molecule has 0 radical (unpaired) electrons. The van der Waals surface area contributed by atoms with E-state index in [2.05, 4.69) is 10.1 Å². The summed E-state index contributed by atoms with van der Waals surface area (Å²) in [5.41, 5.74) is 7.18. The van der Waals surface area contributed by atoms with E-state index in [9.17, 15) is 0 Å². The third-order valence-electron chi connectivity index (χ3n) is 1.73. The van der Waals surface area contributed by atoms with Crippen LogP contribution < -0.4 is 5.73 Å². The van der Waals surface area contributed by atoms with Gasteiger partial charge in [0.05, 0.1) is 17.5 Å². The topological polar surface area (TPSA) is 80.1 Å². The Morgan fingerprint density at radius 3 is 3.15 bits per heavy atom. The molecule has 66 valence electrons. The Morgan fingerprint density at radius 1 is 1.62 bits per heavy atom. The number of aromatic nitrogens is 3. The van der Waals surface area contributed by atoms with E-state index in [0.717, 1.165) is 11.1 Å². The summed E-state index contributed by atoms with van der Waals surface area (Å²) in [5, 5.41) is 11.1. The van der Waals surface area contributed by atoms with Crippen LogP contribution in [0.2, 0.25) is 0 Å². The summed E-state index contributed by atoms with van der Waals surface area (Å²) in [5.74, 6) is 0.156. The molecule has 0 aliphatic carbocycles. The van der Waals surface area contributed by atoms with E-state index in [0.29, 0.717) is 6.42 Å². The van der Waals surface area contributed by atoms with Gasteiger partial charge < -0.3 is 5.73 Å². The maximum atomic E-state index is 7.14. The van der Waals surface area contributed by atoms with Gasteiger partial charge in [-0.2, -0.15) is 5.10 Å². The molecular formula is C8H9N5. The van der Waals surface area contributed by atoms with Crippen molar-refractivity contribution in [3.8, 4) is 0 Å². The lowest BCUT2D eigenvalue weighted by Crippen LogP contribution is -2.11. The quantitative estimate of drug-likeness (QED) is 0.505. The van der Waals surface area contributed by atoms with E-state index in [-0.39, 0.29) is 5.84 Å². The summed E-state index contributed by atoms with van der Waals surface area (Å²) in [4.78, 5) is 3.89. The Labute approximate surface area is 74.7 Å². The van der Waals surface area contributed by atoms with Crippen LogP contribution in [-0.2, 0) is 6.42 Å². The second-order valence-electron chi connectivity index (χ2n) is 2.83. The highest BCUT2D eigenvalue weighted by Gasteiger charge is 2.00. The van der Waals surface area contributed by atoms with Crippen molar-refractivity contribution in [2.75, 3.05) is 0 Å². The molecule has 5 nitrogen and oxygen atoms in total. The van der Waals surface area contributed by atoms with Gasteiger partial charge in [-0.1, -0.05) is 0 Å². The fraction of sp³-hybridized carbons (Fsp3) is 0.125. The van der Waals surface area contributed by atoms with Gasteiger partial charge in [-0.15, -0.1) is 0 Å². The monoisotopic (exact) mass is 175 g/mol. The molecule has 2 aromatic rings. The van der Waals surface area contributed by atoms with Crippen LogP contribution in [0.1, 0.15) is 5.56 Å². The second-order valence-corrected chi connectivity index (χ2v) is 2.83. The van der Waals surface area contributed by atoms with Crippen LogP contribution in [0.25, 0.3) is 5.52 Å². The van der Waals surface area contributed by atoms with Gasteiger partial charge in [0, 0.05) is 12.6 Å². The molecule has 0 aliphatic rings. The van der Waals surface area contributed by atoms with Gasteiger partial charge in [-0.3, -0.25) is 5.41 Å². The molecule has 0 bridgehead atoms. The van der Waals surface area contributed by atoms with E-state index in [1.54, 1.807) is 10.7 Å². The molecule has 13 heavy (non-hydrogen) atoms. The minimum atomic E-state index is 0.156. The lowest BCUT2D eigenvalue weighted by atomic mass is 10.2. The summed E-state index contributed by atoms with van der Waals surface area (Å²) in [6.07, 6.45) is 5.50. The van der Waals surface area contributed by atoms with Crippen LogP contribution in [0.3, 0.4) is 0 Å². The number of nitrogens with zero attached hydrogens (tertiary/aromatic N) is 3. The largest absolute Gasteiger partial charge is 0.387 e. The number of hydrogen-bond donors (Lipinski definition) is 2. The zero-order chi connectivity index (χ0) is 9.26. The average Bonchev–Trinajstić information content (AvgIpc) is 2.44. The molecule has 0 amide bonds. The summed E-state index contributed by atoms with van der Waals surface area (Å²) in [7, 11) is 0. The van der Waals surface area contributed by atoms with Gasteiger partial charge in [0.1, 0.15) is 6.33 Å². The highest BCUT2D eigenvalue weighted by atomic mass is 15.2. The van der Waals surface area contributed by atoms with Crippen molar-refractivity contribution in [3.63, 3.8) is 0 Å². The summed E-state index contributed by atoms with van der Waals surface area (Å²) in [6.45, 7) is 0. The SMILES string of the molecule is N=C(N)Cc1cc2cncnn2c1. The first-order valence-electron chi connectivity index (χ1n) is 3.86. The van der Waals surface area contributed by atoms with E-state index in [1.165, 1.54) is 6.33 Å². The first kappa shape index (κ1) is 7.72. The minimum Gasteiger partial charge on any atom is -0.387 e. The first-order chi connectivity index (χ1) is 6.25. The van der Waals surface area contributed by atoms with Crippen molar-refractivity contribution in [1.29, 1.82) is 5.41 Å². The van der Waals surface area contributed by atoms with E-state index >= 15 is 0 Å². The van der Waals surface area contributed by atoms with Crippen LogP contribution in [-0.4, -0.2) is 20.4 Å². The lowest BCUT2D eigenvalue weighted by Gasteiger charge is -1.90. The minimum absolute atomic E-state index is 0.156. The molecule has 3 N–H and O–H groups in total. The van der Waals surface area contributed by atoms with Crippen LogP contribution in [0.4, 0.5) is 0 Å². The van der Waals surface area contributed by atoms with Gasteiger partial charge >= 0.3 is 0 Å². The van der Waals surface area contributed by atoms with Crippen LogP contribution in [0.15, 0.2) is 24.8 Å². The van der Waals surface area contributed by atoms with E-state index in [4.69, 9.17) is 11.1 Å². The molecule has 0 saturated heterocycles. The van der Waals surface area contributed by atoms with Gasteiger partial charge in [-0.25, -0.2) is 9.50 Å². The van der Waals surface area contributed by atoms with Crippen LogP contribution in [0.5, 0.6) is 0 Å². The molecule has 0 unspecified atom stereocenters. The highest BCUT2D eigenvalue weighted by Crippen LogP contribution is 2.06. The summed E-state index contributed by atoms with van der Waals surface area (Å²) < 4.78 is 1.71. The second kappa shape index (κ2) is 2.85. The fourth-order valence-electron chi connectivity index (χ4n) is 1.23. The van der Waals surface area contributed by atoms with Gasteiger partial charge in [0.15, 0.2) is 0 Å². The van der Waals surface area contributed by atoms with Crippen molar-refractivity contribution >= 4 is 11.4 Å². The number of rotatable bonds is 2. The van der Waals surface area contributed by atoms with Gasteiger partial charge in [0.2, 0.25) is 0 Å². The molecule has 2 heterocycles. The smallest absolute Gasteiger partial charge is 0.136 e. The molecule has 0 aromatic carbocycles. The standard InChI is InChI=1S/C8H9N5/c9-8(10)2-6-1-7-3-11-5-12-13(7)4-6/h1,3-5H,2H2,(H3,9,10). The Morgan fingerprint density at radius 2 is 2.46 bits per heavy atom. The zero-order valence-corrected chi connectivity index (χ0v) is 6.94. The number of amidine groups is 1. The Kier molecular flexibility index (Phi) is 1.70. The van der Waals surface area contributed by atoms with E-state index in [1.807, 2.05) is 12.3 Å². The molecule has 0 fully saturated rings. The number of nitrogens with one attached hydrogen (secondary N) is 1. The van der Waals surface area contributed by atoms with Crippen LogP contribution >= 0.6 is 0 Å². The highest BCUT2D eigenvalue weighted by molar-refractivity contribution is 5.79. The maximum Gasteiger partial charge on any atom is 0.136 e. The molecular weight excluding hydrogens is 166 g/mol. The number of nitrogens with two attached hydrogens (primary N) is 1. The van der Waals surface area contributed by atoms with Crippen molar-refractivity contribution < 1.29 is 0 Å². The molecule has 0 atom stereocenters. The third kappa shape index (κ3) is 1.48. The van der Waals surface area contributed by atoms with Crippen molar-refractivity contribution in [1.82, 2.24) is 14.6 Å². The van der Waals surface area contributed by atoms with Crippen molar-refractivity contribution in [2.45, 2.75) is 6.42 Å². The molecule has 2 aromatic heterocycles. The zero-order valence-electron chi connectivity index (χ0n) is 6.94. The molecule has 0 aliphatic heterocycles. The molecule has 0 saturated carbocycles. The lowest BCUT2D eigenvalue weighted by molar-refractivity contribution is 0.899. The van der Waals surface area contributed by atoms with Crippen molar-refractivity contribution in [3.05, 3.63) is 30.4 Å². The summed E-state index contributed by atoms with van der Waals surface area (Å²) >= 11 is 0. The normalized spacial score (nSPS) is 10.5. The number of hydrogen-bond acceptors (Lipinski definition) is 3. The van der Waals surface area contributed by atoms with Gasteiger partial charge in [0.25, 0.3) is 0 Å². The Bertz CT molecular complexity index is 411. The average molecular weight is 175 g/mol. The first-order valence-corrected chi connectivity index (χ1v) is 3.86. The Balaban J connectivity index is 2.44. The Hall–Kier alpha value is -1.91. The predicted molar refractivity (Wildman–Crippen MR) is 48.6 cm³/mol. The van der Waals surface area contributed by atoms with Gasteiger partial charge in [-0.05, 0) is 11.6 Å². The molecule has 0 spiro atoms. The molecule has 2 rings (SSSR count). The predicted octanol–water partition coefficient (Wildman–Crippen LogP) is 0.208. The maximum absolute atomic E-state index is 7.14. The van der Waals surface area contributed by atoms with Crippen molar-refractivity contribution in [2.24, 2.45) is 5.73 Å². The summed E-state index contributed by atoms with van der Waals surface area (Å²) in [6, 6.07) is 1.92. The van der Waals surface area contributed by atoms with E-state index < -0.39 is 0 Å². The fourth-order valence-corrected chi connectivity index (χ4v) is 1.23. The third-order valence-corrected chi connectivity index (χ3v) is 1.73.